The number of hydrogen-bond acceptors (Lipinski definition) is 3. The number of thiophene rings is 1. The zero-order chi connectivity index (χ0) is 11.5. The molecule has 0 saturated heterocycles. The molecule has 2 rings (SSSR count). The molecule has 2 nitrogen and oxygen atoms in total. The molecule has 0 radical (unpaired) electrons. The summed E-state index contributed by atoms with van der Waals surface area (Å²) in [7, 11) is 0. The predicted molar refractivity (Wildman–Crippen MR) is 67.9 cm³/mol. The van der Waals surface area contributed by atoms with Gasteiger partial charge in [0.25, 0.3) is 0 Å². The lowest BCUT2D eigenvalue weighted by Gasteiger charge is -2.02. The molecule has 2 aromatic rings. The molecule has 0 spiro atoms. The van der Waals surface area contributed by atoms with E-state index in [4.69, 9.17) is 5.73 Å². The van der Waals surface area contributed by atoms with Crippen LogP contribution in [-0.2, 0) is 6.42 Å². The first-order valence-electron chi connectivity index (χ1n) is 5.08. The minimum atomic E-state index is 0.157. The second kappa shape index (κ2) is 4.49. The van der Waals surface area contributed by atoms with Gasteiger partial charge in [-0.3, -0.25) is 4.79 Å². The molecule has 0 unspecified atom stereocenters. The van der Waals surface area contributed by atoms with Crippen LogP contribution in [0.2, 0.25) is 0 Å². The molecule has 1 aromatic carbocycles. The van der Waals surface area contributed by atoms with Gasteiger partial charge in [0, 0.05) is 22.5 Å². The van der Waals surface area contributed by atoms with Crippen LogP contribution in [0, 0.1) is 6.92 Å². The van der Waals surface area contributed by atoms with Crippen molar-refractivity contribution in [3.63, 3.8) is 0 Å². The maximum atomic E-state index is 12.0. The number of benzene rings is 1. The number of nitrogens with two attached hydrogens (primary N) is 1. The molecule has 0 amide bonds. The molecule has 0 aliphatic carbocycles. The molecule has 0 fully saturated rings. The average molecular weight is 231 g/mol. The maximum Gasteiger partial charge on any atom is 0.168 e. The van der Waals surface area contributed by atoms with Crippen molar-refractivity contribution in [2.75, 3.05) is 5.73 Å². The molecule has 1 heterocycles. The van der Waals surface area contributed by atoms with Crippen molar-refractivity contribution in [3.05, 3.63) is 51.7 Å². The zero-order valence-corrected chi connectivity index (χ0v) is 9.88. The summed E-state index contributed by atoms with van der Waals surface area (Å²) in [4.78, 5) is 13.1. The van der Waals surface area contributed by atoms with Crippen molar-refractivity contribution in [1.82, 2.24) is 0 Å². The first-order valence-corrected chi connectivity index (χ1v) is 5.96. The molecule has 0 aliphatic rings. The van der Waals surface area contributed by atoms with Gasteiger partial charge in [-0.15, -0.1) is 11.3 Å². The van der Waals surface area contributed by atoms with E-state index >= 15 is 0 Å². The number of carbonyl (C=O) groups excluding carboxylic acids is 1. The lowest BCUT2D eigenvalue weighted by atomic mass is 10.0. The number of rotatable bonds is 3. The Morgan fingerprint density at radius 3 is 2.81 bits per heavy atom. The van der Waals surface area contributed by atoms with Crippen molar-refractivity contribution in [3.8, 4) is 0 Å². The van der Waals surface area contributed by atoms with Gasteiger partial charge < -0.3 is 5.73 Å². The van der Waals surface area contributed by atoms with Crippen LogP contribution in [-0.4, -0.2) is 5.78 Å². The van der Waals surface area contributed by atoms with Gasteiger partial charge >= 0.3 is 0 Å². The average Bonchev–Trinajstić information content (AvgIpc) is 2.64. The minimum Gasteiger partial charge on any atom is -0.399 e. The molecule has 82 valence electrons. The molecule has 0 atom stereocenters. The second-order valence-corrected chi connectivity index (χ2v) is 4.86. The van der Waals surface area contributed by atoms with Gasteiger partial charge in [0.2, 0.25) is 0 Å². The minimum absolute atomic E-state index is 0.157. The Labute approximate surface area is 98.7 Å². The van der Waals surface area contributed by atoms with Crippen LogP contribution in [0.5, 0.6) is 0 Å². The lowest BCUT2D eigenvalue weighted by molar-refractivity contribution is 0.0993. The van der Waals surface area contributed by atoms with Gasteiger partial charge in [0.05, 0.1) is 0 Å². The fourth-order valence-corrected chi connectivity index (χ4v) is 2.38. The number of hydrogen-bond donors (Lipinski definition) is 1. The Balaban J connectivity index is 2.17. The van der Waals surface area contributed by atoms with Crippen LogP contribution >= 0.6 is 11.3 Å². The normalized spacial score (nSPS) is 10.3. The maximum absolute atomic E-state index is 12.0. The predicted octanol–water partition coefficient (Wildman–Crippen LogP) is 3.06. The number of Topliss-reactive ketones (excluding diaryl/α,β-unsaturated/α-hetero) is 1. The van der Waals surface area contributed by atoms with Crippen LogP contribution in [0.1, 0.15) is 20.8 Å². The molecule has 3 heteroatoms. The summed E-state index contributed by atoms with van der Waals surface area (Å²) in [6.45, 7) is 1.97. The first-order chi connectivity index (χ1) is 7.66. The highest BCUT2D eigenvalue weighted by Gasteiger charge is 2.10. The van der Waals surface area contributed by atoms with Crippen molar-refractivity contribution in [1.29, 1.82) is 0 Å². The van der Waals surface area contributed by atoms with Gasteiger partial charge in [-0.05, 0) is 36.1 Å². The number of anilines is 1. The SMILES string of the molecule is Cc1sccc1C(=O)Cc1cccc(N)c1. The van der Waals surface area contributed by atoms with E-state index in [9.17, 15) is 4.79 Å². The van der Waals surface area contributed by atoms with Gasteiger partial charge in [-0.2, -0.15) is 0 Å². The summed E-state index contributed by atoms with van der Waals surface area (Å²) in [5.74, 6) is 0.157. The molecule has 0 saturated carbocycles. The van der Waals surface area contributed by atoms with E-state index in [0.717, 1.165) is 16.0 Å². The Morgan fingerprint density at radius 1 is 1.38 bits per heavy atom. The van der Waals surface area contributed by atoms with Crippen LogP contribution in [0.4, 0.5) is 5.69 Å². The molecular formula is C13H13NOS. The smallest absolute Gasteiger partial charge is 0.168 e. The van der Waals surface area contributed by atoms with Crippen molar-refractivity contribution in [2.45, 2.75) is 13.3 Å². The Morgan fingerprint density at radius 2 is 2.19 bits per heavy atom. The van der Waals surface area contributed by atoms with Crippen LogP contribution in [0.25, 0.3) is 0 Å². The van der Waals surface area contributed by atoms with Gasteiger partial charge in [0.15, 0.2) is 5.78 Å². The summed E-state index contributed by atoms with van der Waals surface area (Å²) in [5.41, 5.74) is 8.17. The van der Waals surface area contributed by atoms with E-state index in [2.05, 4.69) is 0 Å². The quantitative estimate of drug-likeness (QED) is 0.651. The first kappa shape index (κ1) is 10.9. The number of carbonyl (C=O) groups is 1. The van der Waals surface area contributed by atoms with Gasteiger partial charge in [0.1, 0.15) is 0 Å². The van der Waals surface area contributed by atoms with E-state index in [0.29, 0.717) is 12.1 Å². The third-order valence-electron chi connectivity index (χ3n) is 2.47. The number of aryl methyl sites for hydroxylation is 1. The van der Waals surface area contributed by atoms with E-state index in [1.807, 2.05) is 42.6 Å². The molecule has 16 heavy (non-hydrogen) atoms. The van der Waals surface area contributed by atoms with E-state index in [-0.39, 0.29) is 5.78 Å². The van der Waals surface area contributed by atoms with Gasteiger partial charge in [-0.1, -0.05) is 12.1 Å². The van der Waals surface area contributed by atoms with E-state index in [1.54, 1.807) is 11.3 Å². The van der Waals surface area contributed by atoms with Crippen molar-refractivity contribution < 1.29 is 4.79 Å². The Hall–Kier alpha value is -1.61. The highest BCUT2D eigenvalue weighted by molar-refractivity contribution is 7.10. The highest BCUT2D eigenvalue weighted by atomic mass is 32.1. The van der Waals surface area contributed by atoms with E-state index in [1.165, 1.54) is 0 Å². The van der Waals surface area contributed by atoms with Crippen molar-refractivity contribution >= 4 is 22.8 Å². The lowest BCUT2D eigenvalue weighted by Crippen LogP contribution is -2.03. The third kappa shape index (κ3) is 2.31. The summed E-state index contributed by atoms with van der Waals surface area (Å²) < 4.78 is 0. The largest absolute Gasteiger partial charge is 0.399 e. The highest BCUT2D eigenvalue weighted by Crippen LogP contribution is 2.18. The fourth-order valence-electron chi connectivity index (χ4n) is 1.66. The van der Waals surface area contributed by atoms with Crippen LogP contribution < -0.4 is 5.73 Å². The molecule has 1 aromatic heterocycles. The summed E-state index contributed by atoms with van der Waals surface area (Å²) in [6.07, 6.45) is 0.419. The Kier molecular flexibility index (Phi) is 3.06. The second-order valence-electron chi connectivity index (χ2n) is 3.74. The molecular weight excluding hydrogens is 218 g/mol. The Bertz CT molecular complexity index is 516. The summed E-state index contributed by atoms with van der Waals surface area (Å²) in [6, 6.07) is 9.35. The molecule has 0 aliphatic heterocycles. The van der Waals surface area contributed by atoms with E-state index < -0.39 is 0 Å². The van der Waals surface area contributed by atoms with Crippen LogP contribution in [0.15, 0.2) is 35.7 Å². The van der Waals surface area contributed by atoms with Crippen molar-refractivity contribution in [2.24, 2.45) is 0 Å². The number of ketones is 1. The molecule has 0 bridgehead atoms. The fraction of sp³-hybridized carbons (Fsp3) is 0.154. The standard InChI is InChI=1S/C13H13NOS/c1-9-12(5-6-16-9)13(15)8-10-3-2-4-11(14)7-10/h2-7H,8,14H2,1H3. The third-order valence-corrected chi connectivity index (χ3v) is 3.32. The topological polar surface area (TPSA) is 43.1 Å². The van der Waals surface area contributed by atoms with Crippen LogP contribution in [0.3, 0.4) is 0 Å². The summed E-state index contributed by atoms with van der Waals surface area (Å²) >= 11 is 1.60. The molecule has 2 N–H and O–H groups in total. The summed E-state index contributed by atoms with van der Waals surface area (Å²) in [5, 5.41) is 1.95. The number of nitrogen functional groups attached to an aromatic ring is 1. The monoisotopic (exact) mass is 231 g/mol. The zero-order valence-electron chi connectivity index (χ0n) is 9.07. The van der Waals surface area contributed by atoms with Gasteiger partial charge in [-0.25, -0.2) is 0 Å².